The van der Waals surface area contributed by atoms with E-state index in [2.05, 4.69) is 60.7 Å². The fraction of sp³-hybridized carbons (Fsp3) is 0. The maximum Gasteiger partial charge on any atom is 0.164 e. The first-order chi connectivity index (χ1) is 22.8. The molecule has 0 aliphatic heterocycles. The highest BCUT2D eigenvalue weighted by Gasteiger charge is 2.16. The zero-order chi connectivity index (χ0) is 30.7. The smallest absolute Gasteiger partial charge is 0.164 e. The summed E-state index contributed by atoms with van der Waals surface area (Å²) >= 11 is 0. The molecule has 0 aliphatic rings. The second-order valence-electron chi connectivity index (χ2n) is 11.0. The van der Waals surface area contributed by atoms with Gasteiger partial charge in [0.05, 0.1) is 22.4 Å². The molecule has 46 heavy (non-hydrogen) atoms. The summed E-state index contributed by atoms with van der Waals surface area (Å²) in [5, 5.41) is 0. The van der Waals surface area contributed by atoms with Gasteiger partial charge in [0, 0.05) is 27.8 Å². The molecule has 0 unspecified atom stereocenters. The van der Waals surface area contributed by atoms with Crippen LogP contribution < -0.4 is 0 Å². The first-order valence-electron chi connectivity index (χ1n) is 15.2. The van der Waals surface area contributed by atoms with Crippen molar-refractivity contribution in [1.82, 2.24) is 24.9 Å². The molecule has 6 aromatic carbocycles. The van der Waals surface area contributed by atoms with Crippen molar-refractivity contribution in [3.05, 3.63) is 164 Å². The number of rotatable bonds is 6. The normalized spacial score (nSPS) is 11.0. The summed E-state index contributed by atoms with van der Waals surface area (Å²) in [5.41, 5.74) is 10.4. The summed E-state index contributed by atoms with van der Waals surface area (Å²) in [6, 6.07) is 55.2. The van der Waals surface area contributed by atoms with Gasteiger partial charge in [0.1, 0.15) is 0 Å². The Balaban J connectivity index is 1.23. The van der Waals surface area contributed by atoms with Gasteiger partial charge in [-0.2, -0.15) is 0 Å². The Morgan fingerprint density at radius 3 is 1.11 bits per heavy atom. The van der Waals surface area contributed by atoms with Crippen molar-refractivity contribution < 1.29 is 0 Å². The maximum absolute atomic E-state index is 5.11. The quantitative estimate of drug-likeness (QED) is 0.193. The molecule has 0 bridgehead atoms. The van der Waals surface area contributed by atoms with Crippen LogP contribution in [0, 0.1) is 0 Å². The minimum Gasteiger partial charge on any atom is -0.244 e. The van der Waals surface area contributed by atoms with Gasteiger partial charge in [-0.15, -0.1) is 0 Å². The van der Waals surface area contributed by atoms with Crippen molar-refractivity contribution in [2.24, 2.45) is 0 Å². The molecule has 2 heterocycles. The highest BCUT2D eigenvalue weighted by molar-refractivity contribution is 5.87. The van der Waals surface area contributed by atoms with Crippen molar-refractivity contribution in [1.29, 1.82) is 0 Å². The van der Waals surface area contributed by atoms with E-state index < -0.39 is 0 Å². The largest absolute Gasteiger partial charge is 0.244 e. The highest BCUT2D eigenvalue weighted by Crippen LogP contribution is 2.34. The molecule has 0 atom stereocenters. The fourth-order valence-electron chi connectivity index (χ4n) is 5.62. The van der Waals surface area contributed by atoms with Crippen LogP contribution in [-0.4, -0.2) is 24.9 Å². The Bertz CT molecular complexity index is 2250. The van der Waals surface area contributed by atoms with Crippen molar-refractivity contribution in [2.75, 3.05) is 0 Å². The third-order valence-corrected chi connectivity index (χ3v) is 7.91. The van der Waals surface area contributed by atoms with Crippen LogP contribution in [0.3, 0.4) is 0 Å². The number of fused-ring (bicyclic) bond motifs is 1. The minimum absolute atomic E-state index is 0.623. The number of para-hydroxylation sites is 2. The van der Waals surface area contributed by atoms with E-state index in [-0.39, 0.29) is 0 Å². The van der Waals surface area contributed by atoms with Gasteiger partial charge in [0.25, 0.3) is 0 Å². The number of benzene rings is 6. The lowest BCUT2D eigenvalue weighted by atomic mass is 9.97. The highest BCUT2D eigenvalue weighted by atomic mass is 15.0. The number of hydrogen-bond acceptors (Lipinski definition) is 5. The summed E-state index contributed by atoms with van der Waals surface area (Å²) in [5.74, 6) is 1.90. The van der Waals surface area contributed by atoms with Crippen molar-refractivity contribution in [3.8, 4) is 67.8 Å². The van der Waals surface area contributed by atoms with Gasteiger partial charge < -0.3 is 0 Å². The van der Waals surface area contributed by atoms with Crippen LogP contribution in [0.15, 0.2) is 164 Å². The molecule has 0 saturated carbocycles. The second-order valence-corrected chi connectivity index (χ2v) is 11.0. The van der Waals surface area contributed by atoms with Gasteiger partial charge in [-0.1, -0.05) is 140 Å². The molecule has 8 rings (SSSR count). The molecule has 0 saturated heterocycles. The first-order valence-corrected chi connectivity index (χ1v) is 15.2. The van der Waals surface area contributed by atoms with E-state index in [4.69, 9.17) is 24.9 Å². The average Bonchev–Trinajstić information content (AvgIpc) is 3.15. The Morgan fingerprint density at radius 1 is 0.239 bits per heavy atom. The van der Waals surface area contributed by atoms with Crippen LogP contribution in [0.1, 0.15) is 0 Å². The maximum atomic E-state index is 5.11. The second kappa shape index (κ2) is 12.0. The lowest BCUT2D eigenvalue weighted by molar-refractivity contribution is 1.07. The molecule has 216 valence electrons. The first kappa shape index (κ1) is 27.2. The van der Waals surface area contributed by atoms with Crippen LogP contribution in [0.2, 0.25) is 0 Å². The lowest BCUT2D eigenvalue weighted by Gasteiger charge is -2.12. The van der Waals surface area contributed by atoms with E-state index in [0.29, 0.717) is 17.5 Å². The molecular weight excluding hydrogens is 562 g/mol. The number of nitrogens with zero attached hydrogens (tertiary/aromatic N) is 5. The summed E-state index contributed by atoms with van der Waals surface area (Å²) in [6.07, 6.45) is 0. The summed E-state index contributed by atoms with van der Waals surface area (Å²) in [4.78, 5) is 24.9. The summed E-state index contributed by atoms with van der Waals surface area (Å²) in [7, 11) is 0. The molecule has 5 nitrogen and oxygen atoms in total. The molecule has 2 aromatic heterocycles. The van der Waals surface area contributed by atoms with Crippen LogP contribution in [0.25, 0.3) is 78.8 Å². The van der Waals surface area contributed by atoms with E-state index in [0.717, 1.165) is 61.4 Å². The number of hydrogen-bond donors (Lipinski definition) is 0. The molecule has 8 aromatic rings. The summed E-state index contributed by atoms with van der Waals surface area (Å²) < 4.78 is 0. The van der Waals surface area contributed by atoms with Gasteiger partial charge >= 0.3 is 0 Å². The predicted octanol–water partition coefficient (Wildman–Crippen LogP) is 9.82. The molecule has 0 aliphatic carbocycles. The topological polar surface area (TPSA) is 64.5 Å². The van der Waals surface area contributed by atoms with Gasteiger partial charge in [-0.3, -0.25) is 0 Å². The van der Waals surface area contributed by atoms with Crippen LogP contribution >= 0.6 is 0 Å². The van der Waals surface area contributed by atoms with E-state index in [1.807, 2.05) is 103 Å². The van der Waals surface area contributed by atoms with Crippen LogP contribution in [0.4, 0.5) is 0 Å². The Hall–Kier alpha value is -6.33. The van der Waals surface area contributed by atoms with E-state index in [9.17, 15) is 0 Å². The van der Waals surface area contributed by atoms with Crippen molar-refractivity contribution >= 4 is 11.0 Å². The molecule has 0 N–H and O–H groups in total. The molecule has 0 radical (unpaired) electrons. The van der Waals surface area contributed by atoms with E-state index >= 15 is 0 Å². The third-order valence-electron chi connectivity index (χ3n) is 7.91. The molecular formula is C41H27N5. The van der Waals surface area contributed by atoms with E-state index in [1.54, 1.807) is 0 Å². The predicted molar refractivity (Wildman–Crippen MR) is 186 cm³/mol. The third kappa shape index (κ3) is 5.42. The van der Waals surface area contributed by atoms with Crippen molar-refractivity contribution in [3.63, 3.8) is 0 Å². The molecule has 5 heteroatoms. The Kier molecular flexibility index (Phi) is 7.09. The monoisotopic (exact) mass is 589 g/mol. The molecule has 0 spiro atoms. The summed E-state index contributed by atoms with van der Waals surface area (Å²) in [6.45, 7) is 0. The fourth-order valence-corrected chi connectivity index (χ4v) is 5.62. The molecule has 0 amide bonds. The van der Waals surface area contributed by atoms with Gasteiger partial charge in [-0.25, -0.2) is 24.9 Å². The minimum atomic E-state index is 0.623. The standard InChI is InChI=1S/C41H27N5/c1-4-14-28(15-5-1)37-38(43-36-25-11-10-24-35(36)42-37)33-22-12-20-31(26-33)32-21-13-23-34(27-32)41-45-39(29-16-6-2-7-17-29)44-40(46-41)30-18-8-3-9-19-30/h1-27H. The SMILES string of the molecule is c1ccc(-c2nc(-c3ccccc3)nc(-c3cccc(-c4cccc(-c5nc6ccccc6nc5-c5ccccc5)c4)c3)n2)cc1. The zero-order valence-corrected chi connectivity index (χ0v) is 24.8. The molecule has 0 fully saturated rings. The van der Waals surface area contributed by atoms with Gasteiger partial charge in [0.15, 0.2) is 17.5 Å². The van der Waals surface area contributed by atoms with E-state index in [1.165, 1.54) is 0 Å². The average molecular weight is 590 g/mol. The Morgan fingerprint density at radius 2 is 0.587 bits per heavy atom. The Labute approximate surface area is 267 Å². The van der Waals surface area contributed by atoms with Gasteiger partial charge in [0.2, 0.25) is 0 Å². The van der Waals surface area contributed by atoms with Crippen LogP contribution in [0.5, 0.6) is 0 Å². The number of aromatic nitrogens is 5. The zero-order valence-electron chi connectivity index (χ0n) is 24.8. The van der Waals surface area contributed by atoms with Crippen molar-refractivity contribution in [2.45, 2.75) is 0 Å². The van der Waals surface area contributed by atoms with Gasteiger partial charge in [-0.05, 0) is 35.4 Å². The van der Waals surface area contributed by atoms with Crippen LogP contribution in [-0.2, 0) is 0 Å². The lowest BCUT2D eigenvalue weighted by Crippen LogP contribution is -2.00.